The number of rotatable bonds is 13. The van der Waals surface area contributed by atoms with E-state index < -0.39 is 89.9 Å². The topological polar surface area (TPSA) is 63.6 Å². The molecule has 0 bridgehead atoms. The molecule has 0 rings (SSSR count). The molecular weight excluding hydrogens is 662 g/mol. The van der Waals surface area contributed by atoms with Gasteiger partial charge in [0.1, 0.15) is 0 Å². The van der Waals surface area contributed by atoms with E-state index in [2.05, 4.69) is 4.74 Å². The highest BCUT2D eigenvalue weighted by Crippen LogP contribution is 2.66. The van der Waals surface area contributed by atoms with E-state index >= 15 is 0 Å². The molecule has 0 aromatic carbocycles. The number of hydrogen-bond donors (Lipinski definition) is 1. The molecule has 0 spiro atoms. The number of esters is 1. The van der Waals surface area contributed by atoms with E-state index in [-0.39, 0.29) is 0 Å². The van der Waals surface area contributed by atoms with E-state index in [4.69, 9.17) is 5.11 Å². The molecule has 0 heterocycles. The number of aliphatic carboxylic acids is 1. The fourth-order valence-electron chi connectivity index (χ4n) is 2.08. The van der Waals surface area contributed by atoms with Crippen molar-refractivity contribution in [3.8, 4) is 0 Å². The maximum atomic E-state index is 13.6. The highest BCUT2D eigenvalue weighted by atomic mass is 19.4. The average Bonchev–Trinajstić information content (AvgIpc) is 2.75. The summed E-state index contributed by atoms with van der Waals surface area (Å²) in [7, 11) is 0. The Morgan fingerprint density at radius 1 is 0.488 bits per heavy atom. The molecule has 41 heavy (non-hydrogen) atoms. The summed E-state index contributed by atoms with van der Waals surface area (Å²) < 4.78 is 293. The number of carboxylic acid groups (broad SMARTS) is 1. The van der Waals surface area contributed by atoms with Gasteiger partial charge in [-0.2, -0.15) is 87.8 Å². The highest BCUT2D eigenvalue weighted by molar-refractivity contribution is 5.90. The van der Waals surface area contributed by atoms with Crippen LogP contribution < -0.4 is 0 Å². The summed E-state index contributed by atoms with van der Waals surface area (Å²) in [6.07, 6.45) is -15.4. The first kappa shape index (κ1) is 38.1. The minimum atomic E-state index is -9.41. The van der Waals surface area contributed by atoms with Gasteiger partial charge in [0.25, 0.3) is 0 Å². The van der Waals surface area contributed by atoms with Gasteiger partial charge in [0.2, 0.25) is 0 Å². The summed E-state index contributed by atoms with van der Waals surface area (Å²) in [5.41, 5.74) is 0. The number of halogens is 22. The molecule has 0 aliphatic heterocycles. The van der Waals surface area contributed by atoms with Gasteiger partial charge in [0, 0.05) is 12.2 Å². The smallest absolute Gasteiger partial charge is 0.473 e. The molecule has 0 aliphatic rings. The van der Waals surface area contributed by atoms with Crippen LogP contribution in [0.1, 0.15) is 0 Å². The summed E-state index contributed by atoms with van der Waals surface area (Å²) in [5, 5.41) is 8.02. The van der Waals surface area contributed by atoms with Crippen molar-refractivity contribution in [3.05, 3.63) is 12.2 Å². The number of carbonyl (C=O) groups excluding carboxylic acids is 1. The summed E-state index contributed by atoms with van der Waals surface area (Å²) in [6, 6.07) is 0. The molecule has 0 amide bonds. The fraction of sp³-hybridized carbons (Fsp3) is 0.733. The first-order valence-electron chi connectivity index (χ1n) is 8.71. The Morgan fingerprint density at radius 2 is 0.756 bits per heavy atom. The summed E-state index contributed by atoms with van der Waals surface area (Å²) in [4.78, 5) is 20.8. The predicted molar refractivity (Wildman–Crippen MR) is 78.3 cm³/mol. The van der Waals surface area contributed by atoms with Crippen molar-refractivity contribution in [2.75, 3.05) is 0 Å². The van der Waals surface area contributed by atoms with Crippen LogP contribution in [-0.4, -0.2) is 82.9 Å². The van der Waals surface area contributed by atoms with Gasteiger partial charge in [-0.05, 0) is 0 Å². The Hall–Kier alpha value is -2.86. The molecule has 26 heteroatoms. The minimum absolute atomic E-state index is 0.617. The molecule has 0 radical (unpaired) electrons. The molecule has 0 saturated heterocycles. The minimum Gasteiger partial charge on any atom is -0.478 e. The van der Waals surface area contributed by atoms with Crippen LogP contribution in [0.5, 0.6) is 0 Å². The standard InChI is InChI=1S/C15H4F22O4/c16-5(17)6(18,19)7(20,21)8(22,23)9(24,25)10(26,27)11(28,29)12(30,31)13(32,33)14(34,35)15(36,37)41-4(40)2-1-3(38)39/h1-2,5H,(H,38,39). The maximum absolute atomic E-state index is 13.6. The molecule has 0 aromatic heterocycles. The molecule has 0 unspecified atom stereocenters. The second kappa shape index (κ2) is 10.1. The van der Waals surface area contributed by atoms with E-state index in [1.54, 1.807) is 0 Å². The number of hydrogen-bond acceptors (Lipinski definition) is 3. The lowest BCUT2D eigenvalue weighted by molar-refractivity contribution is -0.480. The molecule has 0 fully saturated rings. The van der Waals surface area contributed by atoms with Gasteiger partial charge in [0.15, 0.2) is 0 Å². The van der Waals surface area contributed by atoms with Crippen molar-refractivity contribution in [2.45, 2.75) is 65.8 Å². The molecule has 0 aliphatic carbocycles. The largest absolute Gasteiger partial charge is 0.478 e. The number of carbonyl (C=O) groups is 2. The zero-order valence-corrected chi connectivity index (χ0v) is 17.7. The molecule has 1 N–H and O–H groups in total. The lowest BCUT2D eigenvalue weighted by Gasteiger charge is -2.44. The monoisotopic (exact) mass is 666 g/mol. The Labute approximate surface area is 207 Å². The van der Waals surface area contributed by atoms with Crippen molar-refractivity contribution < 1.29 is 116 Å². The van der Waals surface area contributed by atoms with E-state index in [9.17, 15) is 106 Å². The van der Waals surface area contributed by atoms with Crippen molar-refractivity contribution in [1.82, 2.24) is 0 Å². The molecule has 0 aromatic rings. The van der Waals surface area contributed by atoms with Crippen LogP contribution in [0.15, 0.2) is 12.2 Å². The summed E-state index contributed by atoms with van der Waals surface area (Å²) >= 11 is 0. The van der Waals surface area contributed by atoms with Crippen molar-refractivity contribution in [2.24, 2.45) is 0 Å². The second-order valence-corrected chi connectivity index (χ2v) is 7.13. The van der Waals surface area contributed by atoms with Crippen molar-refractivity contribution in [3.63, 3.8) is 0 Å². The Morgan fingerprint density at radius 3 is 1.02 bits per heavy atom. The maximum Gasteiger partial charge on any atom is 0.473 e. The SMILES string of the molecule is O=C(O)C=CC(=O)OC(F)(F)C(F)(F)C(F)(F)C(F)(F)C(F)(F)C(F)(F)C(F)(F)C(F)(F)C(F)(F)C(F)(F)C(F)F. The third-order valence-electron chi connectivity index (χ3n) is 4.41. The van der Waals surface area contributed by atoms with E-state index in [1.165, 1.54) is 0 Å². The van der Waals surface area contributed by atoms with Crippen LogP contribution in [0.2, 0.25) is 0 Å². The number of ether oxygens (including phenoxy) is 1. The molecule has 0 saturated carbocycles. The summed E-state index contributed by atoms with van der Waals surface area (Å²) in [6.45, 7) is 0. The van der Waals surface area contributed by atoms with E-state index in [1.807, 2.05) is 0 Å². The van der Waals surface area contributed by atoms with Crippen molar-refractivity contribution >= 4 is 11.9 Å². The third kappa shape index (κ3) is 5.17. The Balaban J connectivity index is 7.05. The van der Waals surface area contributed by atoms with Gasteiger partial charge in [0.05, 0.1) is 0 Å². The quantitative estimate of drug-likeness (QED) is 0.134. The van der Waals surface area contributed by atoms with Gasteiger partial charge in [-0.15, -0.1) is 0 Å². The zero-order valence-electron chi connectivity index (χ0n) is 17.7. The van der Waals surface area contributed by atoms with Gasteiger partial charge < -0.3 is 9.84 Å². The molecular formula is C15H4F22O4. The average molecular weight is 666 g/mol. The molecule has 4 nitrogen and oxygen atoms in total. The highest BCUT2D eigenvalue weighted by Gasteiger charge is 2.98. The lowest BCUT2D eigenvalue weighted by Crippen LogP contribution is -2.77. The van der Waals surface area contributed by atoms with Gasteiger partial charge in [-0.3, -0.25) is 0 Å². The summed E-state index contributed by atoms with van der Waals surface area (Å²) in [5.74, 6) is -86.1. The van der Waals surface area contributed by atoms with Crippen LogP contribution in [-0.2, 0) is 14.3 Å². The predicted octanol–water partition coefficient (Wildman–Crippen LogP) is 6.75. The number of carboxylic acids is 1. The van der Waals surface area contributed by atoms with Gasteiger partial charge in [-0.25, -0.2) is 18.4 Å². The van der Waals surface area contributed by atoms with Gasteiger partial charge >= 0.3 is 77.8 Å². The normalized spacial score (nSPS) is 16.0. The van der Waals surface area contributed by atoms with Crippen LogP contribution in [0.3, 0.4) is 0 Å². The molecule has 242 valence electrons. The van der Waals surface area contributed by atoms with Crippen LogP contribution in [0.4, 0.5) is 96.6 Å². The third-order valence-corrected chi connectivity index (χ3v) is 4.41. The van der Waals surface area contributed by atoms with Crippen molar-refractivity contribution in [1.29, 1.82) is 0 Å². The van der Waals surface area contributed by atoms with Gasteiger partial charge in [-0.1, -0.05) is 0 Å². The van der Waals surface area contributed by atoms with E-state index in [0.29, 0.717) is 0 Å². The fourth-order valence-corrected chi connectivity index (χ4v) is 2.08. The first-order chi connectivity index (χ1) is 17.5. The second-order valence-electron chi connectivity index (χ2n) is 7.13. The Bertz CT molecular complexity index is 1030. The Kier molecular flexibility index (Phi) is 9.44. The van der Waals surface area contributed by atoms with E-state index in [0.717, 1.165) is 0 Å². The van der Waals surface area contributed by atoms with Crippen LogP contribution in [0.25, 0.3) is 0 Å². The van der Waals surface area contributed by atoms with Crippen LogP contribution in [0, 0.1) is 0 Å². The number of alkyl halides is 22. The zero-order chi connectivity index (χ0) is 33.9. The first-order valence-corrected chi connectivity index (χ1v) is 8.71. The molecule has 0 atom stereocenters. The van der Waals surface area contributed by atoms with Crippen LogP contribution >= 0.6 is 0 Å². The lowest BCUT2D eigenvalue weighted by atomic mass is 9.86.